The summed E-state index contributed by atoms with van der Waals surface area (Å²) < 4.78 is 39.4. The van der Waals surface area contributed by atoms with E-state index in [4.69, 9.17) is 0 Å². The smallest absolute Gasteiger partial charge is 0.299 e. The van der Waals surface area contributed by atoms with Crippen LogP contribution in [-0.2, 0) is 18.3 Å². The Kier molecular flexibility index (Phi) is 4.20. The van der Waals surface area contributed by atoms with Crippen LogP contribution in [0.1, 0.15) is 37.1 Å². The first kappa shape index (κ1) is 15.1. The van der Waals surface area contributed by atoms with Crippen LogP contribution in [0, 0.1) is 18.8 Å². The molecule has 0 saturated heterocycles. The number of hydrogen-bond acceptors (Lipinski definition) is 2. The number of halogens is 3. The zero-order valence-electron chi connectivity index (χ0n) is 11.7. The van der Waals surface area contributed by atoms with E-state index in [1.807, 2.05) is 13.0 Å². The van der Waals surface area contributed by atoms with Crippen molar-refractivity contribution < 1.29 is 18.0 Å². The van der Waals surface area contributed by atoms with Crippen molar-refractivity contribution in [1.29, 1.82) is 0 Å². The van der Waals surface area contributed by atoms with E-state index in [0.29, 0.717) is 12.8 Å². The average molecular weight is 288 g/mol. The molecule has 3 nitrogen and oxygen atoms in total. The van der Waals surface area contributed by atoms with Crippen LogP contribution < -0.4 is 0 Å². The van der Waals surface area contributed by atoms with Gasteiger partial charge in [0.05, 0.1) is 11.6 Å². The lowest BCUT2D eigenvalue weighted by atomic mass is 9.79. The first-order chi connectivity index (χ1) is 9.27. The van der Waals surface area contributed by atoms with Gasteiger partial charge < -0.3 is 0 Å². The molecule has 1 heterocycles. The van der Waals surface area contributed by atoms with Gasteiger partial charge in [0.2, 0.25) is 0 Å². The van der Waals surface area contributed by atoms with Crippen molar-refractivity contribution in [3.05, 3.63) is 17.5 Å². The number of aromatic nitrogens is 2. The highest BCUT2D eigenvalue weighted by Gasteiger charge is 2.42. The Morgan fingerprint density at radius 2 is 1.95 bits per heavy atom. The lowest BCUT2D eigenvalue weighted by Crippen LogP contribution is -2.31. The summed E-state index contributed by atoms with van der Waals surface area (Å²) in [6.07, 6.45) is -3.01. The number of carbonyl (C=O) groups excluding carboxylic acids is 1. The molecule has 0 atom stereocenters. The van der Waals surface area contributed by atoms with Gasteiger partial charge in [-0.1, -0.05) is 0 Å². The molecule has 6 heteroatoms. The van der Waals surface area contributed by atoms with Gasteiger partial charge in [-0.25, -0.2) is 0 Å². The third kappa shape index (κ3) is 3.41. The summed E-state index contributed by atoms with van der Waals surface area (Å²) in [6, 6.07) is 1.85. The highest BCUT2D eigenvalue weighted by atomic mass is 19.4. The molecular weight excluding hydrogens is 269 g/mol. The van der Waals surface area contributed by atoms with Crippen LogP contribution in [0.2, 0.25) is 0 Å². The topological polar surface area (TPSA) is 34.9 Å². The van der Waals surface area contributed by atoms with E-state index in [1.54, 1.807) is 11.7 Å². The molecule has 2 rings (SSSR count). The molecule has 0 aromatic carbocycles. The van der Waals surface area contributed by atoms with E-state index < -0.39 is 12.1 Å². The number of aryl methyl sites for hydroxylation is 2. The van der Waals surface area contributed by atoms with Crippen LogP contribution in [0.4, 0.5) is 13.2 Å². The Morgan fingerprint density at radius 3 is 2.40 bits per heavy atom. The molecule has 0 aliphatic heterocycles. The summed E-state index contributed by atoms with van der Waals surface area (Å²) in [5.41, 5.74) is 1.67. The second-order valence-corrected chi connectivity index (χ2v) is 5.63. The zero-order valence-corrected chi connectivity index (χ0v) is 11.7. The van der Waals surface area contributed by atoms with E-state index in [1.165, 1.54) is 0 Å². The number of alkyl halides is 3. The lowest BCUT2D eigenvalue weighted by Gasteiger charge is -2.29. The summed E-state index contributed by atoms with van der Waals surface area (Å²) >= 11 is 0. The summed E-state index contributed by atoms with van der Waals surface area (Å²) in [5, 5.41) is 4.17. The molecule has 20 heavy (non-hydrogen) atoms. The van der Waals surface area contributed by atoms with Crippen molar-refractivity contribution in [2.75, 3.05) is 0 Å². The maximum atomic E-state index is 12.6. The standard InChI is InChI=1S/C14H19F3N2O/c1-9-7-12(19(2)18-9)8-13(20)10-3-5-11(6-4-10)14(15,16)17/h7,10-11H,3-6,8H2,1-2H3. The van der Waals surface area contributed by atoms with Crippen LogP contribution in [-0.4, -0.2) is 21.7 Å². The predicted octanol–water partition coefficient (Wildman–Crippen LogP) is 3.21. The molecule has 1 aliphatic rings. The Bertz CT molecular complexity index is 485. The quantitative estimate of drug-likeness (QED) is 0.856. The number of hydrogen-bond donors (Lipinski definition) is 0. The molecule has 112 valence electrons. The Labute approximate surface area is 116 Å². The van der Waals surface area contributed by atoms with Gasteiger partial charge >= 0.3 is 6.18 Å². The van der Waals surface area contributed by atoms with Crippen LogP contribution in [0.15, 0.2) is 6.07 Å². The fourth-order valence-electron chi connectivity index (χ4n) is 2.90. The summed E-state index contributed by atoms with van der Waals surface area (Å²) in [7, 11) is 1.77. The molecule has 0 spiro atoms. The van der Waals surface area contributed by atoms with Crippen molar-refractivity contribution in [2.24, 2.45) is 18.9 Å². The minimum atomic E-state index is -4.12. The maximum Gasteiger partial charge on any atom is 0.391 e. The summed E-state index contributed by atoms with van der Waals surface area (Å²) in [6.45, 7) is 1.85. The minimum absolute atomic E-state index is 0.0358. The van der Waals surface area contributed by atoms with Crippen molar-refractivity contribution in [2.45, 2.75) is 45.2 Å². The molecule has 1 fully saturated rings. The average Bonchev–Trinajstić information content (AvgIpc) is 2.67. The Morgan fingerprint density at radius 1 is 1.35 bits per heavy atom. The van der Waals surface area contributed by atoms with Crippen LogP contribution in [0.25, 0.3) is 0 Å². The highest BCUT2D eigenvalue weighted by molar-refractivity contribution is 5.83. The molecule has 0 unspecified atom stereocenters. The van der Waals surface area contributed by atoms with Crippen molar-refractivity contribution in [1.82, 2.24) is 9.78 Å². The Balaban J connectivity index is 1.91. The molecule has 1 aromatic heterocycles. The molecule has 0 bridgehead atoms. The third-order valence-electron chi connectivity index (χ3n) is 4.10. The monoisotopic (exact) mass is 288 g/mol. The van der Waals surface area contributed by atoms with Crippen LogP contribution in [0.5, 0.6) is 0 Å². The molecule has 1 aromatic rings. The first-order valence-corrected chi connectivity index (χ1v) is 6.86. The normalized spacial score (nSPS) is 23.9. The zero-order chi connectivity index (χ0) is 14.9. The van der Waals surface area contributed by atoms with Crippen molar-refractivity contribution in [3.63, 3.8) is 0 Å². The fraction of sp³-hybridized carbons (Fsp3) is 0.714. The molecule has 0 N–H and O–H groups in total. The van der Waals surface area contributed by atoms with Gasteiger partial charge in [0.1, 0.15) is 5.78 Å². The molecule has 0 amide bonds. The molecule has 0 radical (unpaired) electrons. The molecule has 1 aliphatic carbocycles. The van der Waals surface area contributed by atoms with Gasteiger partial charge in [-0.2, -0.15) is 18.3 Å². The van der Waals surface area contributed by atoms with E-state index in [-0.39, 0.29) is 31.0 Å². The lowest BCUT2D eigenvalue weighted by molar-refractivity contribution is -0.184. The van der Waals surface area contributed by atoms with Gasteiger partial charge in [-0.05, 0) is 38.7 Å². The van der Waals surface area contributed by atoms with E-state index in [2.05, 4.69) is 5.10 Å². The number of carbonyl (C=O) groups is 1. The second kappa shape index (κ2) is 5.58. The van der Waals surface area contributed by atoms with Crippen molar-refractivity contribution >= 4 is 5.78 Å². The van der Waals surface area contributed by atoms with Gasteiger partial charge in [0, 0.05) is 25.1 Å². The number of rotatable bonds is 3. The van der Waals surface area contributed by atoms with Gasteiger partial charge in [-0.3, -0.25) is 9.48 Å². The molecular formula is C14H19F3N2O. The van der Waals surface area contributed by atoms with E-state index in [0.717, 1.165) is 11.4 Å². The Hall–Kier alpha value is -1.33. The molecule has 1 saturated carbocycles. The number of nitrogens with zero attached hydrogens (tertiary/aromatic N) is 2. The third-order valence-corrected chi connectivity index (χ3v) is 4.10. The van der Waals surface area contributed by atoms with E-state index in [9.17, 15) is 18.0 Å². The van der Waals surface area contributed by atoms with E-state index >= 15 is 0 Å². The maximum absolute atomic E-state index is 12.6. The minimum Gasteiger partial charge on any atom is -0.299 e. The van der Waals surface area contributed by atoms with Gasteiger partial charge in [0.25, 0.3) is 0 Å². The predicted molar refractivity (Wildman–Crippen MR) is 68.2 cm³/mol. The first-order valence-electron chi connectivity index (χ1n) is 6.86. The fourth-order valence-corrected chi connectivity index (χ4v) is 2.90. The second-order valence-electron chi connectivity index (χ2n) is 5.63. The highest BCUT2D eigenvalue weighted by Crippen LogP contribution is 2.39. The summed E-state index contributed by atoms with van der Waals surface area (Å²) in [5.74, 6) is -1.43. The van der Waals surface area contributed by atoms with Gasteiger partial charge in [0.15, 0.2) is 0 Å². The van der Waals surface area contributed by atoms with Gasteiger partial charge in [-0.15, -0.1) is 0 Å². The largest absolute Gasteiger partial charge is 0.391 e. The summed E-state index contributed by atoms with van der Waals surface area (Å²) in [4.78, 5) is 12.2. The van der Waals surface area contributed by atoms with Crippen molar-refractivity contribution in [3.8, 4) is 0 Å². The number of ketones is 1. The number of Topliss-reactive ketones (excluding diaryl/α,β-unsaturated/α-hetero) is 1. The SMILES string of the molecule is Cc1cc(CC(=O)C2CCC(C(F)(F)F)CC2)n(C)n1. The van der Waals surface area contributed by atoms with Crippen LogP contribution in [0.3, 0.4) is 0 Å². The van der Waals surface area contributed by atoms with Crippen LogP contribution >= 0.6 is 0 Å².